The van der Waals surface area contributed by atoms with Gasteiger partial charge in [-0.05, 0) is 47.1 Å². The van der Waals surface area contributed by atoms with Crippen molar-refractivity contribution in [3.05, 3.63) is 69.2 Å². The van der Waals surface area contributed by atoms with Gasteiger partial charge in [-0.15, -0.1) is 0 Å². The van der Waals surface area contributed by atoms with Crippen LogP contribution in [-0.4, -0.2) is 19.2 Å². The Hall–Kier alpha value is -2.47. The molecule has 0 atom stereocenters. The van der Waals surface area contributed by atoms with Crippen molar-refractivity contribution in [1.29, 1.82) is 0 Å². The number of nitrogens with zero attached hydrogens (tertiary/aromatic N) is 4. The van der Waals surface area contributed by atoms with Crippen LogP contribution in [0, 0.1) is 6.92 Å². The first-order valence-electron chi connectivity index (χ1n) is 6.77. The Morgan fingerprint density at radius 1 is 1.09 bits per heavy atom. The van der Waals surface area contributed by atoms with Crippen molar-refractivity contribution >= 4 is 32.6 Å². The van der Waals surface area contributed by atoms with Gasteiger partial charge in [0.05, 0.1) is 5.52 Å². The molecule has 0 fully saturated rings. The van der Waals surface area contributed by atoms with Crippen LogP contribution in [0.5, 0.6) is 0 Å². The third-order valence-corrected chi connectivity index (χ3v) is 3.99. The number of hydrogen-bond acceptors (Lipinski definition) is 3. The molecule has 108 valence electrons. The number of fused-ring (bicyclic) bond motifs is 3. The minimum atomic E-state index is -0.123. The van der Waals surface area contributed by atoms with Crippen LogP contribution >= 0.6 is 15.9 Å². The van der Waals surface area contributed by atoms with Crippen LogP contribution in [0.3, 0.4) is 0 Å². The van der Waals surface area contributed by atoms with Crippen LogP contribution in [0.25, 0.3) is 22.4 Å². The van der Waals surface area contributed by atoms with Gasteiger partial charge in [0, 0.05) is 18.0 Å². The minimum Gasteiger partial charge on any atom is -0.272 e. The largest absolute Gasteiger partial charge is 0.281 e. The van der Waals surface area contributed by atoms with Gasteiger partial charge in [-0.25, -0.2) is 9.50 Å². The van der Waals surface area contributed by atoms with Gasteiger partial charge in [-0.2, -0.15) is 5.10 Å². The van der Waals surface area contributed by atoms with Gasteiger partial charge in [-0.3, -0.25) is 9.36 Å². The Morgan fingerprint density at radius 2 is 1.86 bits per heavy atom. The molecule has 4 rings (SSSR count). The quantitative estimate of drug-likeness (QED) is 0.527. The highest BCUT2D eigenvalue weighted by Gasteiger charge is 2.14. The van der Waals surface area contributed by atoms with Crippen LogP contribution in [-0.2, 0) is 0 Å². The van der Waals surface area contributed by atoms with E-state index in [1.807, 2.05) is 43.3 Å². The summed E-state index contributed by atoms with van der Waals surface area (Å²) in [5.74, 6) is 0. The van der Waals surface area contributed by atoms with Gasteiger partial charge in [0.15, 0.2) is 5.65 Å². The lowest BCUT2D eigenvalue weighted by Gasteiger charge is -2.11. The molecule has 0 unspecified atom stereocenters. The number of benzene rings is 1. The molecular formula is C16H11BrN4O. The number of halogens is 1. The second-order valence-corrected chi connectivity index (χ2v) is 5.90. The van der Waals surface area contributed by atoms with Gasteiger partial charge >= 0.3 is 0 Å². The highest BCUT2D eigenvalue weighted by Crippen LogP contribution is 2.19. The molecule has 6 heteroatoms. The Bertz CT molecular complexity index is 1060. The molecule has 22 heavy (non-hydrogen) atoms. The second-order valence-electron chi connectivity index (χ2n) is 5.09. The van der Waals surface area contributed by atoms with E-state index in [0.717, 1.165) is 16.8 Å². The summed E-state index contributed by atoms with van der Waals surface area (Å²) in [7, 11) is 0. The summed E-state index contributed by atoms with van der Waals surface area (Å²) >= 11 is 3.33. The average Bonchev–Trinajstić information content (AvgIpc) is 2.92. The zero-order valence-electron chi connectivity index (χ0n) is 11.7. The van der Waals surface area contributed by atoms with Crippen molar-refractivity contribution in [2.45, 2.75) is 6.92 Å². The fraction of sp³-hybridized carbons (Fsp3) is 0.0625. The Kier molecular flexibility index (Phi) is 2.87. The summed E-state index contributed by atoms with van der Waals surface area (Å²) in [5.41, 5.74) is 3.69. The third kappa shape index (κ3) is 1.88. The minimum absolute atomic E-state index is 0.123. The summed E-state index contributed by atoms with van der Waals surface area (Å²) in [6.45, 7) is 2.02. The monoisotopic (exact) mass is 354 g/mol. The maximum Gasteiger partial charge on any atom is 0.281 e. The summed E-state index contributed by atoms with van der Waals surface area (Å²) < 4.78 is 3.86. The van der Waals surface area contributed by atoms with E-state index in [0.29, 0.717) is 15.8 Å². The molecule has 0 aliphatic heterocycles. The molecule has 0 spiro atoms. The SMILES string of the molecule is Cc1ccc(-n2c(=O)c3cc(Br)nn3c3ncccc32)cc1. The van der Waals surface area contributed by atoms with Crippen molar-refractivity contribution in [2.24, 2.45) is 0 Å². The van der Waals surface area contributed by atoms with E-state index in [9.17, 15) is 4.79 Å². The highest BCUT2D eigenvalue weighted by molar-refractivity contribution is 9.10. The van der Waals surface area contributed by atoms with Crippen molar-refractivity contribution < 1.29 is 0 Å². The Labute approximate surface area is 134 Å². The maximum absolute atomic E-state index is 12.9. The van der Waals surface area contributed by atoms with E-state index in [4.69, 9.17) is 0 Å². The van der Waals surface area contributed by atoms with Crippen LogP contribution in [0.4, 0.5) is 0 Å². The maximum atomic E-state index is 12.9. The number of aryl methyl sites for hydroxylation is 1. The predicted octanol–water partition coefficient (Wildman–Crippen LogP) is 3.10. The van der Waals surface area contributed by atoms with Gasteiger partial charge in [0.2, 0.25) is 0 Å². The highest BCUT2D eigenvalue weighted by atomic mass is 79.9. The van der Waals surface area contributed by atoms with E-state index < -0.39 is 0 Å². The molecular weight excluding hydrogens is 344 g/mol. The number of pyridine rings is 1. The first-order chi connectivity index (χ1) is 10.6. The normalized spacial score (nSPS) is 11.4. The van der Waals surface area contributed by atoms with Crippen molar-refractivity contribution in [1.82, 2.24) is 19.2 Å². The lowest BCUT2D eigenvalue weighted by atomic mass is 10.2. The topological polar surface area (TPSA) is 52.2 Å². The molecule has 4 aromatic rings. The second kappa shape index (κ2) is 4.78. The molecule has 0 amide bonds. The zero-order valence-corrected chi connectivity index (χ0v) is 13.3. The molecule has 0 aliphatic carbocycles. The smallest absolute Gasteiger partial charge is 0.272 e. The van der Waals surface area contributed by atoms with Crippen LogP contribution < -0.4 is 5.56 Å². The molecule has 3 aromatic heterocycles. The van der Waals surface area contributed by atoms with Crippen LogP contribution in [0.1, 0.15) is 5.56 Å². The summed E-state index contributed by atoms with van der Waals surface area (Å²) in [6.07, 6.45) is 1.70. The fourth-order valence-electron chi connectivity index (χ4n) is 2.57. The van der Waals surface area contributed by atoms with Gasteiger partial charge in [0.1, 0.15) is 10.1 Å². The first kappa shape index (κ1) is 13.2. The average molecular weight is 355 g/mol. The van der Waals surface area contributed by atoms with E-state index in [1.165, 1.54) is 0 Å². The van der Waals surface area contributed by atoms with Gasteiger partial charge in [0.25, 0.3) is 5.56 Å². The molecule has 0 radical (unpaired) electrons. The van der Waals surface area contributed by atoms with Gasteiger partial charge in [-0.1, -0.05) is 17.7 Å². The van der Waals surface area contributed by atoms with E-state index >= 15 is 0 Å². The van der Waals surface area contributed by atoms with Crippen LogP contribution in [0.15, 0.2) is 58.1 Å². The zero-order chi connectivity index (χ0) is 15.3. The van der Waals surface area contributed by atoms with Crippen molar-refractivity contribution in [3.63, 3.8) is 0 Å². The fourth-order valence-corrected chi connectivity index (χ4v) is 2.94. The molecule has 0 N–H and O–H groups in total. The van der Waals surface area contributed by atoms with Gasteiger partial charge < -0.3 is 0 Å². The van der Waals surface area contributed by atoms with Crippen molar-refractivity contribution in [3.8, 4) is 5.69 Å². The summed E-state index contributed by atoms with van der Waals surface area (Å²) in [4.78, 5) is 17.3. The Morgan fingerprint density at radius 3 is 2.64 bits per heavy atom. The molecule has 0 saturated heterocycles. The lowest BCUT2D eigenvalue weighted by Crippen LogP contribution is -2.21. The molecule has 0 aliphatic rings. The van der Waals surface area contributed by atoms with E-state index in [2.05, 4.69) is 26.0 Å². The summed E-state index contributed by atoms with van der Waals surface area (Å²) in [5, 5.41) is 4.31. The number of aromatic nitrogens is 4. The molecule has 5 nitrogen and oxygen atoms in total. The number of hydrogen-bond donors (Lipinski definition) is 0. The van der Waals surface area contributed by atoms with E-state index in [1.54, 1.807) is 21.3 Å². The standard InChI is InChI=1S/C16H11BrN4O/c1-10-4-6-11(7-5-10)20-12-3-2-8-18-15(12)21-13(16(20)22)9-14(17)19-21/h2-9H,1H3. The van der Waals surface area contributed by atoms with Crippen molar-refractivity contribution in [2.75, 3.05) is 0 Å². The molecule has 0 bridgehead atoms. The third-order valence-electron chi connectivity index (χ3n) is 3.60. The Balaban J connectivity index is 2.22. The molecule has 1 aromatic carbocycles. The molecule has 3 heterocycles. The van der Waals surface area contributed by atoms with Crippen LogP contribution in [0.2, 0.25) is 0 Å². The lowest BCUT2D eigenvalue weighted by molar-refractivity contribution is 0.924. The predicted molar refractivity (Wildman–Crippen MR) is 88.5 cm³/mol. The first-order valence-corrected chi connectivity index (χ1v) is 7.56. The molecule has 0 saturated carbocycles. The number of rotatable bonds is 1. The summed E-state index contributed by atoms with van der Waals surface area (Å²) in [6, 6.07) is 13.2. The van der Waals surface area contributed by atoms with E-state index in [-0.39, 0.29) is 5.56 Å².